The zero-order valence-electron chi connectivity index (χ0n) is 12.1. The van der Waals surface area contributed by atoms with Crippen LogP contribution in [0.15, 0.2) is 16.6 Å². The van der Waals surface area contributed by atoms with E-state index in [0.29, 0.717) is 27.3 Å². The first-order valence-corrected chi connectivity index (χ1v) is 9.16. The quantitative estimate of drug-likeness (QED) is 0.688. The lowest BCUT2D eigenvalue weighted by molar-refractivity contribution is -0.0755. The molecule has 1 aromatic rings. The fourth-order valence-corrected chi connectivity index (χ4v) is 4.73. The first-order chi connectivity index (χ1) is 10.1. The predicted octanol–water partition coefficient (Wildman–Crippen LogP) is 5.45. The molecule has 0 aromatic heterocycles. The van der Waals surface area contributed by atoms with Crippen molar-refractivity contribution >= 4 is 39.1 Å². The van der Waals surface area contributed by atoms with Gasteiger partial charge in [-0.15, -0.1) is 0 Å². The van der Waals surface area contributed by atoms with Crippen molar-refractivity contribution in [2.24, 2.45) is 5.41 Å². The average molecular weight is 393 g/mol. The van der Waals surface area contributed by atoms with Crippen LogP contribution in [0.25, 0.3) is 0 Å². The third-order valence-corrected chi connectivity index (χ3v) is 6.51. The summed E-state index contributed by atoms with van der Waals surface area (Å²) in [7, 11) is 0. The highest BCUT2D eigenvalue weighted by Crippen LogP contribution is 2.55. The van der Waals surface area contributed by atoms with E-state index < -0.39 is 0 Å². The van der Waals surface area contributed by atoms with Crippen molar-refractivity contribution in [3.63, 3.8) is 0 Å². The van der Waals surface area contributed by atoms with Crippen LogP contribution in [0.4, 0.5) is 0 Å². The Morgan fingerprint density at radius 3 is 2.67 bits per heavy atom. The van der Waals surface area contributed by atoms with E-state index in [1.807, 2.05) is 6.07 Å². The molecule has 0 saturated heterocycles. The van der Waals surface area contributed by atoms with E-state index in [9.17, 15) is 0 Å². The van der Waals surface area contributed by atoms with Crippen molar-refractivity contribution < 1.29 is 4.74 Å². The van der Waals surface area contributed by atoms with Crippen LogP contribution in [0, 0.1) is 5.41 Å². The standard InChI is InChI=1S/C16H20BrCl2NO/c1-2-20-14-9-15(16(14)5-3-4-6-16)21-13-8-11(18)10(17)7-12(13)19/h7-8,14-15,20H,2-6,9H2,1H3. The van der Waals surface area contributed by atoms with Crippen LogP contribution in [0.5, 0.6) is 5.75 Å². The molecule has 3 rings (SSSR count). The molecule has 2 atom stereocenters. The van der Waals surface area contributed by atoms with Crippen LogP contribution >= 0.6 is 39.1 Å². The second-order valence-electron chi connectivity index (χ2n) is 6.09. The Hall–Kier alpha value is 0.0400. The van der Waals surface area contributed by atoms with E-state index in [1.165, 1.54) is 25.7 Å². The average Bonchev–Trinajstić information content (AvgIpc) is 2.95. The summed E-state index contributed by atoms with van der Waals surface area (Å²) in [6, 6.07) is 4.21. The molecule has 0 radical (unpaired) electrons. The fraction of sp³-hybridized carbons (Fsp3) is 0.625. The first kappa shape index (κ1) is 15.9. The highest BCUT2D eigenvalue weighted by Gasteiger charge is 2.57. The van der Waals surface area contributed by atoms with Crippen molar-refractivity contribution in [1.82, 2.24) is 5.32 Å². The van der Waals surface area contributed by atoms with Crippen LogP contribution < -0.4 is 10.1 Å². The molecule has 2 unspecified atom stereocenters. The van der Waals surface area contributed by atoms with E-state index in [2.05, 4.69) is 28.2 Å². The Labute approximate surface area is 144 Å². The molecule has 0 aliphatic heterocycles. The fourth-order valence-electron chi connectivity index (χ4n) is 3.90. The molecule has 2 aliphatic rings. The minimum Gasteiger partial charge on any atom is -0.488 e. The summed E-state index contributed by atoms with van der Waals surface area (Å²) in [5.74, 6) is 0.705. The third-order valence-electron chi connectivity index (χ3n) is 5.01. The predicted molar refractivity (Wildman–Crippen MR) is 91.6 cm³/mol. The molecule has 0 amide bonds. The van der Waals surface area contributed by atoms with Crippen molar-refractivity contribution in [2.45, 2.75) is 51.2 Å². The molecule has 0 heterocycles. The highest BCUT2D eigenvalue weighted by molar-refractivity contribution is 9.10. The number of ether oxygens (including phenoxy) is 1. The lowest BCUT2D eigenvalue weighted by Gasteiger charge is -2.54. The minimum atomic E-state index is 0.249. The second-order valence-corrected chi connectivity index (χ2v) is 7.76. The van der Waals surface area contributed by atoms with Gasteiger partial charge < -0.3 is 10.1 Å². The van der Waals surface area contributed by atoms with Crippen molar-refractivity contribution in [3.8, 4) is 5.75 Å². The van der Waals surface area contributed by atoms with E-state index in [0.717, 1.165) is 17.4 Å². The molecule has 1 spiro atoms. The summed E-state index contributed by atoms with van der Waals surface area (Å²) in [5, 5.41) is 4.87. The summed E-state index contributed by atoms with van der Waals surface area (Å²) in [5.41, 5.74) is 0.291. The van der Waals surface area contributed by atoms with Crippen LogP contribution in [-0.4, -0.2) is 18.7 Å². The van der Waals surface area contributed by atoms with Gasteiger partial charge in [0.25, 0.3) is 0 Å². The summed E-state index contributed by atoms with van der Waals surface area (Å²) in [4.78, 5) is 0. The zero-order valence-corrected chi connectivity index (χ0v) is 15.2. The lowest BCUT2D eigenvalue weighted by Crippen LogP contribution is -2.63. The Kier molecular flexibility index (Phi) is 4.75. The third kappa shape index (κ3) is 2.83. The van der Waals surface area contributed by atoms with Crippen LogP contribution in [0.1, 0.15) is 39.0 Å². The normalized spacial score (nSPS) is 26.9. The molecule has 2 fully saturated rings. The minimum absolute atomic E-state index is 0.249. The molecule has 5 heteroatoms. The molecule has 1 aromatic carbocycles. The molecule has 1 N–H and O–H groups in total. The molecule has 2 saturated carbocycles. The smallest absolute Gasteiger partial charge is 0.139 e. The first-order valence-electron chi connectivity index (χ1n) is 7.61. The molecule has 0 bridgehead atoms. The van der Waals surface area contributed by atoms with Gasteiger partial charge in [0.05, 0.1) is 10.0 Å². The Morgan fingerprint density at radius 1 is 1.29 bits per heavy atom. The topological polar surface area (TPSA) is 21.3 Å². The van der Waals surface area contributed by atoms with Crippen molar-refractivity contribution in [2.75, 3.05) is 6.54 Å². The maximum atomic E-state index is 6.29. The second kappa shape index (κ2) is 6.27. The molecular weight excluding hydrogens is 373 g/mol. The van der Waals surface area contributed by atoms with Gasteiger partial charge in [0.1, 0.15) is 11.9 Å². The van der Waals surface area contributed by atoms with E-state index in [-0.39, 0.29) is 6.10 Å². The zero-order chi connectivity index (χ0) is 15.0. The number of hydrogen-bond donors (Lipinski definition) is 1. The van der Waals surface area contributed by atoms with Gasteiger partial charge in [-0.05, 0) is 41.4 Å². The molecule has 21 heavy (non-hydrogen) atoms. The summed E-state index contributed by atoms with van der Waals surface area (Å²) >= 11 is 15.8. The Morgan fingerprint density at radius 2 is 2.00 bits per heavy atom. The van der Waals surface area contributed by atoms with Gasteiger partial charge >= 0.3 is 0 Å². The highest BCUT2D eigenvalue weighted by atomic mass is 79.9. The molecule has 116 valence electrons. The lowest BCUT2D eigenvalue weighted by atomic mass is 9.60. The maximum Gasteiger partial charge on any atom is 0.139 e. The van der Waals surface area contributed by atoms with Crippen LogP contribution in [-0.2, 0) is 0 Å². The summed E-state index contributed by atoms with van der Waals surface area (Å²) < 4.78 is 7.06. The maximum absolute atomic E-state index is 6.29. The number of nitrogens with one attached hydrogen (secondary N) is 1. The molecule has 2 nitrogen and oxygen atoms in total. The van der Waals surface area contributed by atoms with Gasteiger partial charge in [0.15, 0.2) is 0 Å². The Bertz CT molecular complexity index is 531. The van der Waals surface area contributed by atoms with Crippen LogP contribution in [0.2, 0.25) is 10.0 Å². The monoisotopic (exact) mass is 391 g/mol. The largest absolute Gasteiger partial charge is 0.488 e. The van der Waals surface area contributed by atoms with Gasteiger partial charge in [0, 0.05) is 28.4 Å². The number of rotatable bonds is 4. The van der Waals surface area contributed by atoms with Crippen molar-refractivity contribution in [3.05, 3.63) is 26.7 Å². The summed E-state index contributed by atoms with van der Waals surface area (Å²) in [6.07, 6.45) is 6.40. The number of hydrogen-bond acceptors (Lipinski definition) is 2. The van der Waals surface area contributed by atoms with E-state index in [1.54, 1.807) is 6.07 Å². The van der Waals surface area contributed by atoms with Crippen molar-refractivity contribution in [1.29, 1.82) is 0 Å². The van der Waals surface area contributed by atoms with E-state index >= 15 is 0 Å². The summed E-state index contributed by atoms with van der Waals surface area (Å²) in [6.45, 7) is 3.19. The van der Waals surface area contributed by atoms with Gasteiger partial charge in [0.2, 0.25) is 0 Å². The molecular formula is C16H20BrCl2NO. The van der Waals surface area contributed by atoms with Crippen LogP contribution in [0.3, 0.4) is 0 Å². The van der Waals surface area contributed by atoms with Gasteiger partial charge in [-0.3, -0.25) is 0 Å². The number of benzene rings is 1. The number of halogens is 3. The van der Waals surface area contributed by atoms with Gasteiger partial charge in [-0.25, -0.2) is 0 Å². The Balaban J connectivity index is 1.78. The van der Waals surface area contributed by atoms with Gasteiger partial charge in [-0.2, -0.15) is 0 Å². The van der Waals surface area contributed by atoms with Gasteiger partial charge in [-0.1, -0.05) is 43.0 Å². The molecule has 2 aliphatic carbocycles. The van der Waals surface area contributed by atoms with E-state index in [4.69, 9.17) is 27.9 Å². The SMILES string of the molecule is CCNC1CC(Oc2cc(Cl)c(Br)cc2Cl)C12CCCC2.